The number of para-hydroxylation sites is 1. The molecule has 11 nitrogen and oxygen atoms in total. The Morgan fingerprint density at radius 1 is 1.39 bits per heavy atom. The highest BCUT2D eigenvalue weighted by Gasteiger charge is 2.21. The Kier molecular flexibility index (Phi) is 6.84. The number of pyridine rings is 1. The van der Waals surface area contributed by atoms with Gasteiger partial charge in [0.1, 0.15) is 0 Å². The predicted octanol–water partition coefficient (Wildman–Crippen LogP) is -0.0914. The summed E-state index contributed by atoms with van der Waals surface area (Å²) in [5, 5.41) is 15.1. The second kappa shape index (κ2) is 9.38. The van der Waals surface area contributed by atoms with E-state index in [-0.39, 0.29) is 16.9 Å². The summed E-state index contributed by atoms with van der Waals surface area (Å²) in [4.78, 5) is 36.1. The molecular weight excluding hydrogens is 425 g/mol. The number of aromatic amines is 2. The number of nitrogens with zero attached hydrogens (tertiary/aromatic N) is 1. The number of aryl methyl sites for hydroxylation is 1. The maximum atomic E-state index is 12.4. The Balaban J connectivity index is 1.68. The summed E-state index contributed by atoms with van der Waals surface area (Å²) in [6, 6.07) is 7.13. The molecule has 0 aliphatic heterocycles. The van der Waals surface area contributed by atoms with Crippen LogP contribution in [-0.4, -0.2) is 38.0 Å². The number of benzene rings is 1. The van der Waals surface area contributed by atoms with Crippen LogP contribution >= 0.6 is 7.82 Å². The lowest BCUT2D eigenvalue weighted by Crippen LogP contribution is -2.68. The monoisotopic (exact) mass is 449 g/mol. The molecule has 0 fully saturated rings. The van der Waals surface area contributed by atoms with Crippen molar-refractivity contribution >= 4 is 30.8 Å². The number of carbonyl (C=O) groups excluding carboxylic acids is 1. The fourth-order valence-electron chi connectivity index (χ4n) is 3.02. The molecule has 12 heteroatoms. The molecule has 0 spiro atoms. The molecule has 31 heavy (non-hydrogen) atoms. The van der Waals surface area contributed by atoms with Crippen LogP contribution in [0.25, 0.3) is 10.9 Å². The van der Waals surface area contributed by atoms with Crippen molar-refractivity contribution in [1.29, 1.82) is 0 Å². The summed E-state index contributed by atoms with van der Waals surface area (Å²) in [7, 11) is -4.70. The Bertz CT molecular complexity index is 1170. The van der Waals surface area contributed by atoms with Crippen LogP contribution in [0.2, 0.25) is 0 Å². The van der Waals surface area contributed by atoms with Crippen molar-refractivity contribution in [3.05, 3.63) is 59.0 Å². The van der Waals surface area contributed by atoms with Crippen LogP contribution in [-0.2, 0) is 26.9 Å². The van der Waals surface area contributed by atoms with Gasteiger partial charge in [0.05, 0.1) is 23.9 Å². The lowest BCUT2D eigenvalue weighted by atomic mass is 10.1. The van der Waals surface area contributed by atoms with Crippen molar-refractivity contribution in [1.82, 2.24) is 10.4 Å². The third-order valence-corrected chi connectivity index (χ3v) is 5.15. The molecule has 3 aromatic rings. The zero-order valence-electron chi connectivity index (χ0n) is 16.7. The van der Waals surface area contributed by atoms with Crippen LogP contribution in [0.4, 0.5) is 0 Å². The number of rotatable bonds is 8. The van der Waals surface area contributed by atoms with E-state index < -0.39 is 26.4 Å². The number of phosphoric ester groups is 1. The number of amides is 1. The molecule has 9 N–H and O–H groups in total. The topological polar surface area (TPSA) is 186 Å². The van der Waals surface area contributed by atoms with E-state index in [0.29, 0.717) is 12.1 Å². The molecule has 2 aromatic heterocycles. The third kappa shape index (κ3) is 5.75. The highest BCUT2D eigenvalue weighted by Crippen LogP contribution is 2.37. The lowest BCUT2D eigenvalue weighted by molar-refractivity contribution is -0.403. The van der Waals surface area contributed by atoms with Crippen LogP contribution in [0.3, 0.4) is 0 Å². The molecule has 0 aliphatic rings. The number of phosphoric acid groups is 1. The van der Waals surface area contributed by atoms with E-state index in [2.05, 4.69) is 30.8 Å². The predicted molar refractivity (Wildman–Crippen MR) is 111 cm³/mol. The summed E-state index contributed by atoms with van der Waals surface area (Å²) >= 11 is 0. The Hall–Kier alpha value is -3.08. The van der Waals surface area contributed by atoms with Crippen LogP contribution in [0.1, 0.15) is 22.4 Å². The number of aromatic nitrogens is 2. The normalized spacial score (nSPS) is 13.0. The van der Waals surface area contributed by atoms with E-state index in [4.69, 9.17) is 9.79 Å². The van der Waals surface area contributed by atoms with E-state index in [1.807, 2.05) is 30.5 Å². The molecule has 0 saturated heterocycles. The number of quaternary nitrogens is 1. The standard InChI is InChI=1S/C19H22N5O6P/c1-11-18(25)15(13(8-21-11)10-30-31(27,28)29)9-23-24-19(26)16(20)6-12-7-22-17-5-3-2-4-14(12)17/h2-5,7-9,16,22,25H,6,10,20H2,1H3,(H,24,26)(H2,27,28,29)/p+2/b23-9+/t16-/m0/s1. The highest BCUT2D eigenvalue weighted by molar-refractivity contribution is 7.46. The minimum atomic E-state index is -4.70. The zero-order valence-corrected chi connectivity index (χ0v) is 17.6. The molecular formula is C19H24N5O6P+2. The molecule has 1 amide bonds. The number of nitrogens with one attached hydrogen (secondary N) is 3. The van der Waals surface area contributed by atoms with Gasteiger partial charge in [0.15, 0.2) is 18.0 Å². The van der Waals surface area contributed by atoms with Crippen LogP contribution in [0.15, 0.2) is 41.8 Å². The fourth-order valence-corrected chi connectivity index (χ4v) is 3.33. The van der Waals surface area contributed by atoms with Crippen LogP contribution < -0.4 is 16.1 Å². The van der Waals surface area contributed by atoms with Gasteiger partial charge in [-0.2, -0.15) is 5.10 Å². The number of aromatic hydroxyl groups is 1. The molecule has 1 aromatic carbocycles. The van der Waals surface area contributed by atoms with Gasteiger partial charge in [0.25, 0.3) is 5.91 Å². The molecule has 164 valence electrons. The average Bonchev–Trinajstić information content (AvgIpc) is 3.12. The van der Waals surface area contributed by atoms with Gasteiger partial charge >= 0.3 is 7.82 Å². The largest absolute Gasteiger partial charge is 0.502 e. The fraction of sp³-hybridized carbons (Fsp3) is 0.211. The first-order chi connectivity index (χ1) is 14.7. The minimum Gasteiger partial charge on any atom is -0.502 e. The maximum Gasteiger partial charge on any atom is 0.469 e. The number of hydrogen-bond acceptors (Lipinski definition) is 5. The smallest absolute Gasteiger partial charge is 0.469 e. The first-order valence-corrected chi connectivity index (χ1v) is 10.8. The number of hydrazone groups is 1. The van der Waals surface area contributed by atoms with Gasteiger partial charge in [-0.3, -0.25) is 9.32 Å². The molecule has 2 heterocycles. The molecule has 0 bridgehead atoms. The minimum absolute atomic E-state index is 0.155. The second-order valence-corrected chi connectivity index (χ2v) is 8.20. The van der Waals surface area contributed by atoms with Gasteiger partial charge in [0, 0.05) is 30.4 Å². The average molecular weight is 449 g/mol. The van der Waals surface area contributed by atoms with Crippen molar-refractivity contribution in [3.63, 3.8) is 0 Å². The van der Waals surface area contributed by atoms with Crippen LogP contribution in [0, 0.1) is 6.92 Å². The van der Waals surface area contributed by atoms with Gasteiger partial charge in [-0.1, -0.05) is 18.2 Å². The summed E-state index contributed by atoms with van der Waals surface area (Å²) in [5.74, 6) is -0.608. The Labute approximate surface area is 177 Å². The second-order valence-electron chi connectivity index (χ2n) is 6.96. The molecule has 0 aliphatic carbocycles. The molecule has 1 atom stereocenters. The van der Waals surface area contributed by atoms with Crippen molar-refractivity contribution in [2.75, 3.05) is 0 Å². The van der Waals surface area contributed by atoms with Crippen molar-refractivity contribution in [3.8, 4) is 5.75 Å². The summed E-state index contributed by atoms with van der Waals surface area (Å²) in [6.07, 6.45) is 4.85. The number of carbonyl (C=O) groups is 1. The first kappa shape index (κ1) is 22.6. The van der Waals surface area contributed by atoms with E-state index >= 15 is 0 Å². The third-order valence-electron chi connectivity index (χ3n) is 4.69. The zero-order chi connectivity index (χ0) is 22.6. The quantitative estimate of drug-likeness (QED) is 0.158. The van der Waals surface area contributed by atoms with Crippen LogP contribution in [0.5, 0.6) is 5.75 Å². The SMILES string of the molecule is Cc1[nH+]cc(COP(=O)(O)O)c(/C=N/NC(=O)[C@@H]([NH3+])Cc2c[nH]c3ccccc23)c1O. The summed E-state index contributed by atoms with van der Waals surface area (Å²) in [5.41, 5.74) is 9.00. The van der Waals surface area contributed by atoms with E-state index in [0.717, 1.165) is 16.5 Å². The van der Waals surface area contributed by atoms with Crippen molar-refractivity contribution < 1.29 is 39.5 Å². The lowest BCUT2D eigenvalue weighted by Gasteiger charge is -2.08. The Morgan fingerprint density at radius 3 is 2.87 bits per heavy atom. The van der Waals surface area contributed by atoms with Gasteiger partial charge in [-0.15, -0.1) is 0 Å². The number of H-pyrrole nitrogens is 2. The molecule has 0 saturated carbocycles. The maximum absolute atomic E-state index is 12.4. The van der Waals surface area contributed by atoms with E-state index in [9.17, 15) is 14.5 Å². The summed E-state index contributed by atoms with van der Waals surface area (Å²) < 4.78 is 15.4. The molecule has 3 rings (SSSR count). The molecule has 0 radical (unpaired) electrons. The first-order valence-electron chi connectivity index (χ1n) is 9.30. The van der Waals surface area contributed by atoms with Crippen molar-refractivity contribution in [2.45, 2.75) is 26.0 Å². The Morgan fingerprint density at radius 2 is 2.13 bits per heavy atom. The van der Waals surface area contributed by atoms with Gasteiger partial charge in [0.2, 0.25) is 5.69 Å². The molecule has 0 unspecified atom stereocenters. The summed E-state index contributed by atoms with van der Waals surface area (Å²) in [6.45, 7) is 1.13. The number of hydrogen-bond donors (Lipinski definition) is 6. The van der Waals surface area contributed by atoms with Crippen molar-refractivity contribution in [2.24, 2.45) is 5.10 Å². The van der Waals surface area contributed by atoms with Gasteiger partial charge in [-0.25, -0.2) is 15.0 Å². The van der Waals surface area contributed by atoms with E-state index in [1.165, 1.54) is 12.4 Å². The van der Waals surface area contributed by atoms with E-state index in [1.54, 1.807) is 6.92 Å². The van der Waals surface area contributed by atoms with Gasteiger partial charge in [-0.05, 0) is 11.6 Å². The highest BCUT2D eigenvalue weighted by atomic mass is 31.2. The number of fused-ring (bicyclic) bond motifs is 1. The van der Waals surface area contributed by atoms with Gasteiger partial charge < -0.3 is 25.6 Å².